The van der Waals surface area contributed by atoms with Crippen molar-refractivity contribution in [2.75, 3.05) is 31.8 Å². The third-order valence-corrected chi connectivity index (χ3v) is 4.90. The molecule has 144 valence electrons. The number of likely N-dealkylation sites (N-methyl/N-ethyl adjacent to an activating group) is 1. The molecule has 0 bridgehead atoms. The van der Waals surface area contributed by atoms with Gasteiger partial charge in [-0.25, -0.2) is 0 Å². The zero-order valence-corrected chi connectivity index (χ0v) is 17.1. The van der Waals surface area contributed by atoms with Gasteiger partial charge in [0.2, 0.25) is 0 Å². The van der Waals surface area contributed by atoms with Gasteiger partial charge in [0.25, 0.3) is 5.91 Å². The molecule has 0 heterocycles. The summed E-state index contributed by atoms with van der Waals surface area (Å²) in [6.45, 7) is 4.94. The highest BCUT2D eigenvalue weighted by Crippen LogP contribution is 2.24. The lowest BCUT2D eigenvalue weighted by molar-refractivity contribution is -0.885. The van der Waals surface area contributed by atoms with E-state index in [1.807, 2.05) is 56.6 Å². The molecule has 2 aromatic carbocycles. The first kappa shape index (κ1) is 21.0. The Labute approximate surface area is 165 Å². The fourth-order valence-corrected chi connectivity index (χ4v) is 3.39. The van der Waals surface area contributed by atoms with E-state index >= 15 is 0 Å². The van der Waals surface area contributed by atoms with Gasteiger partial charge in [0.15, 0.2) is 12.3 Å². The molecule has 0 radical (unpaired) electrons. The number of amides is 1. The minimum atomic E-state index is -0.0466. The fraction of sp³-hybridized carbons (Fsp3) is 0.333. The summed E-state index contributed by atoms with van der Waals surface area (Å²) in [6.07, 6.45) is 1.99. The number of ketones is 1. The number of rotatable bonds is 9. The maximum absolute atomic E-state index is 12.4. The zero-order chi connectivity index (χ0) is 19.8. The van der Waals surface area contributed by atoms with Gasteiger partial charge in [-0.3, -0.25) is 9.59 Å². The van der Waals surface area contributed by atoms with Crippen LogP contribution in [0.3, 0.4) is 0 Å². The largest absolute Gasteiger partial charge is 0.493 e. The second-order valence-electron chi connectivity index (χ2n) is 6.37. The second kappa shape index (κ2) is 10.1. The summed E-state index contributed by atoms with van der Waals surface area (Å²) in [5.41, 5.74) is 2.41. The first-order valence-corrected chi connectivity index (χ1v) is 10.2. The monoisotopic (exact) mass is 387 g/mol. The van der Waals surface area contributed by atoms with Gasteiger partial charge in [-0.2, -0.15) is 0 Å². The maximum atomic E-state index is 12.4. The normalized spacial score (nSPS) is 11.7. The number of hydrogen-bond acceptors (Lipinski definition) is 4. The molecule has 2 N–H and O–H groups in total. The van der Waals surface area contributed by atoms with Crippen LogP contribution in [0.15, 0.2) is 47.4 Å². The molecule has 0 saturated heterocycles. The van der Waals surface area contributed by atoms with E-state index in [1.54, 1.807) is 24.8 Å². The van der Waals surface area contributed by atoms with Crippen LogP contribution in [-0.2, 0) is 11.3 Å². The Morgan fingerprint density at radius 2 is 1.93 bits per heavy atom. The van der Waals surface area contributed by atoms with Crippen LogP contribution in [-0.4, -0.2) is 38.1 Å². The van der Waals surface area contributed by atoms with E-state index in [0.717, 1.165) is 26.8 Å². The van der Waals surface area contributed by atoms with Gasteiger partial charge in [0, 0.05) is 16.0 Å². The Morgan fingerprint density at radius 3 is 2.59 bits per heavy atom. The Morgan fingerprint density at radius 1 is 1.19 bits per heavy atom. The lowest BCUT2D eigenvalue weighted by Crippen LogP contribution is -3.08. The average molecular weight is 388 g/mol. The number of quaternary nitrogens is 1. The van der Waals surface area contributed by atoms with Gasteiger partial charge in [-0.05, 0) is 50.4 Å². The summed E-state index contributed by atoms with van der Waals surface area (Å²) in [4.78, 5) is 26.2. The maximum Gasteiger partial charge on any atom is 0.279 e. The summed E-state index contributed by atoms with van der Waals surface area (Å²) >= 11 is 1.60. The van der Waals surface area contributed by atoms with Gasteiger partial charge in [0.05, 0.1) is 19.3 Å². The van der Waals surface area contributed by atoms with Crippen molar-refractivity contribution in [3.8, 4) is 5.75 Å². The number of nitrogens with one attached hydrogen (secondary N) is 2. The van der Waals surface area contributed by atoms with E-state index in [4.69, 9.17) is 4.74 Å². The van der Waals surface area contributed by atoms with Crippen molar-refractivity contribution in [2.24, 2.45) is 0 Å². The summed E-state index contributed by atoms with van der Waals surface area (Å²) in [7, 11) is 1.95. The third kappa shape index (κ3) is 6.12. The van der Waals surface area contributed by atoms with Gasteiger partial charge in [-0.15, -0.1) is 11.8 Å². The SMILES string of the molecule is CCOc1ccc(C(C)=O)cc1C[NH+](C)CC(=O)Nc1ccccc1SC. The first-order valence-electron chi connectivity index (χ1n) is 8.95. The predicted octanol–water partition coefficient (Wildman–Crippen LogP) is 2.66. The minimum Gasteiger partial charge on any atom is -0.493 e. The number of ether oxygens (including phenoxy) is 1. The highest BCUT2D eigenvalue weighted by Gasteiger charge is 2.16. The highest BCUT2D eigenvalue weighted by atomic mass is 32.2. The molecule has 0 aliphatic rings. The Hall–Kier alpha value is -2.31. The number of anilines is 1. The van der Waals surface area contributed by atoms with Crippen molar-refractivity contribution in [1.29, 1.82) is 0 Å². The van der Waals surface area contributed by atoms with Crippen LogP contribution < -0.4 is 15.0 Å². The molecular formula is C21H27N2O3S+. The van der Waals surface area contributed by atoms with Crippen LogP contribution in [0.2, 0.25) is 0 Å². The van der Waals surface area contributed by atoms with E-state index in [0.29, 0.717) is 25.3 Å². The lowest BCUT2D eigenvalue weighted by atomic mass is 10.1. The molecule has 1 atom stereocenters. The van der Waals surface area contributed by atoms with Crippen LogP contribution in [0.5, 0.6) is 5.75 Å². The standard InChI is InChI=1S/C21H26N2O3S/c1-5-26-19-11-10-16(15(2)24)12-17(19)13-23(3)14-21(25)22-18-8-6-7-9-20(18)27-4/h6-12H,5,13-14H2,1-4H3,(H,22,25)/p+1. The van der Waals surface area contributed by atoms with Gasteiger partial charge >= 0.3 is 0 Å². The molecule has 1 amide bonds. The van der Waals surface area contributed by atoms with Crippen LogP contribution in [0.1, 0.15) is 29.8 Å². The Bertz CT molecular complexity index is 808. The van der Waals surface area contributed by atoms with Crippen LogP contribution >= 0.6 is 11.8 Å². The molecule has 2 rings (SSSR count). The van der Waals surface area contributed by atoms with Crippen molar-refractivity contribution in [1.82, 2.24) is 0 Å². The van der Waals surface area contributed by atoms with Crippen molar-refractivity contribution in [3.05, 3.63) is 53.6 Å². The smallest absolute Gasteiger partial charge is 0.279 e. The Balaban J connectivity index is 2.06. The topological polar surface area (TPSA) is 59.8 Å². The van der Waals surface area contributed by atoms with Gasteiger partial charge in [0.1, 0.15) is 12.3 Å². The van der Waals surface area contributed by atoms with E-state index in [-0.39, 0.29) is 11.7 Å². The van der Waals surface area contributed by atoms with Gasteiger partial charge in [-0.1, -0.05) is 12.1 Å². The third-order valence-electron chi connectivity index (χ3n) is 4.10. The van der Waals surface area contributed by atoms with Crippen molar-refractivity contribution in [2.45, 2.75) is 25.3 Å². The number of carbonyl (C=O) groups is 2. The number of benzene rings is 2. The summed E-state index contributed by atoms with van der Waals surface area (Å²) in [6, 6.07) is 13.2. The molecule has 5 nitrogen and oxygen atoms in total. The molecule has 0 saturated carbocycles. The van der Waals surface area contributed by atoms with E-state index in [9.17, 15) is 9.59 Å². The van der Waals surface area contributed by atoms with E-state index in [1.165, 1.54) is 0 Å². The Kier molecular flexibility index (Phi) is 7.88. The molecule has 1 unspecified atom stereocenters. The van der Waals surface area contributed by atoms with Crippen molar-refractivity contribution < 1.29 is 19.2 Å². The number of para-hydroxylation sites is 1. The zero-order valence-electron chi connectivity index (χ0n) is 16.3. The molecule has 6 heteroatoms. The molecule has 2 aromatic rings. The molecular weight excluding hydrogens is 360 g/mol. The van der Waals surface area contributed by atoms with Crippen LogP contribution in [0, 0.1) is 0 Å². The number of Topliss-reactive ketones (excluding diaryl/α,β-unsaturated/α-hetero) is 1. The van der Waals surface area contributed by atoms with Crippen molar-refractivity contribution in [3.63, 3.8) is 0 Å². The minimum absolute atomic E-state index is 0.0170. The summed E-state index contributed by atoms with van der Waals surface area (Å²) < 4.78 is 5.68. The number of carbonyl (C=O) groups excluding carboxylic acids is 2. The quantitative estimate of drug-likeness (QED) is 0.513. The first-order chi connectivity index (χ1) is 12.9. The van der Waals surface area contributed by atoms with E-state index < -0.39 is 0 Å². The summed E-state index contributed by atoms with van der Waals surface area (Å²) in [5.74, 6) is 0.730. The second-order valence-corrected chi connectivity index (χ2v) is 7.22. The molecule has 0 aliphatic carbocycles. The highest BCUT2D eigenvalue weighted by molar-refractivity contribution is 7.98. The van der Waals surface area contributed by atoms with E-state index in [2.05, 4.69) is 5.32 Å². The summed E-state index contributed by atoms with van der Waals surface area (Å²) in [5, 5.41) is 2.98. The van der Waals surface area contributed by atoms with Crippen LogP contribution in [0.25, 0.3) is 0 Å². The molecule has 0 aromatic heterocycles. The molecule has 0 aliphatic heterocycles. The number of thioether (sulfide) groups is 1. The van der Waals surface area contributed by atoms with Crippen molar-refractivity contribution >= 4 is 29.1 Å². The average Bonchev–Trinajstić information content (AvgIpc) is 2.63. The molecule has 27 heavy (non-hydrogen) atoms. The van der Waals surface area contributed by atoms with Crippen LogP contribution in [0.4, 0.5) is 5.69 Å². The lowest BCUT2D eigenvalue weighted by Gasteiger charge is -2.17. The molecule has 0 fully saturated rings. The molecule has 0 spiro atoms. The number of hydrogen-bond donors (Lipinski definition) is 2. The van der Waals surface area contributed by atoms with Gasteiger partial charge < -0.3 is 15.0 Å². The fourth-order valence-electron chi connectivity index (χ4n) is 2.84. The predicted molar refractivity (Wildman–Crippen MR) is 110 cm³/mol.